The van der Waals surface area contributed by atoms with Crippen LogP contribution in [0, 0.1) is 0 Å². The van der Waals surface area contributed by atoms with E-state index in [1.807, 2.05) is 0 Å². The van der Waals surface area contributed by atoms with Gasteiger partial charge in [0, 0.05) is 0 Å². The number of nitrogens with zero attached hydrogens (tertiary/aromatic N) is 6. The first-order valence-corrected chi connectivity index (χ1v) is 4.53. The number of halogens is 2. The molecule has 0 aromatic carbocycles. The fourth-order valence-electron chi connectivity index (χ4n) is 0.795. The first-order chi connectivity index (χ1) is 6.68. The molecule has 14 heavy (non-hydrogen) atoms. The van der Waals surface area contributed by atoms with E-state index in [4.69, 9.17) is 11.6 Å². The summed E-state index contributed by atoms with van der Waals surface area (Å²) in [5.41, 5.74) is 0. The Morgan fingerprint density at radius 1 is 1.57 bits per heavy atom. The molecule has 0 fully saturated rings. The molecule has 0 bridgehead atoms. The van der Waals surface area contributed by atoms with Gasteiger partial charge in [0.05, 0.1) is 0 Å². The number of aromatic nitrogens is 6. The second kappa shape index (κ2) is 3.46. The standard InChI is InChI=1S/C5H2BrClN6O/c6-3-10-4(7)11-13(3)5(14)12-2-8-1-9-12/h1-2H. The number of hydrogen-bond donors (Lipinski definition) is 0. The molecule has 0 aliphatic carbocycles. The van der Waals surface area contributed by atoms with E-state index in [1.165, 1.54) is 12.7 Å². The highest BCUT2D eigenvalue weighted by atomic mass is 79.9. The van der Waals surface area contributed by atoms with Crippen molar-refractivity contribution in [3.63, 3.8) is 0 Å². The van der Waals surface area contributed by atoms with Gasteiger partial charge in [-0.3, -0.25) is 0 Å². The minimum atomic E-state index is -0.520. The van der Waals surface area contributed by atoms with Gasteiger partial charge in [0.2, 0.25) is 10.0 Å². The average Bonchev–Trinajstić information content (AvgIpc) is 2.73. The van der Waals surface area contributed by atoms with Gasteiger partial charge in [0.1, 0.15) is 12.7 Å². The van der Waals surface area contributed by atoms with Gasteiger partial charge in [-0.15, -0.1) is 5.10 Å². The Kier molecular flexibility index (Phi) is 2.30. The molecule has 2 aromatic heterocycles. The SMILES string of the molecule is O=C(n1cncn1)n1nc(Cl)nc1Br. The Bertz CT molecular complexity index is 465. The van der Waals surface area contributed by atoms with Gasteiger partial charge in [-0.1, -0.05) is 0 Å². The Morgan fingerprint density at radius 2 is 2.36 bits per heavy atom. The van der Waals surface area contributed by atoms with Gasteiger partial charge in [-0.2, -0.15) is 19.4 Å². The molecule has 0 radical (unpaired) electrons. The molecule has 0 atom stereocenters. The van der Waals surface area contributed by atoms with Gasteiger partial charge in [0.25, 0.3) is 0 Å². The number of carbonyl (C=O) groups excluding carboxylic acids is 1. The molecule has 0 amide bonds. The number of carbonyl (C=O) groups is 1. The second-order valence-corrected chi connectivity index (χ2v) is 3.23. The van der Waals surface area contributed by atoms with Gasteiger partial charge in [-0.05, 0) is 27.5 Å². The zero-order chi connectivity index (χ0) is 10.1. The van der Waals surface area contributed by atoms with Crippen LogP contribution in [0.2, 0.25) is 5.28 Å². The molecule has 9 heteroatoms. The fraction of sp³-hybridized carbons (Fsp3) is 0. The highest BCUT2D eigenvalue weighted by Gasteiger charge is 2.15. The predicted octanol–water partition coefficient (Wildman–Crippen LogP) is 0.802. The minimum absolute atomic E-state index is 0.0228. The van der Waals surface area contributed by atoms with E-state index >= 15 is 0 Å². The first-order valence-electron chi connectivity index (χ1n) is 3.36. The lowest BCUT2D eigenvalue weighted by Gasteiger charge is -1.97. The van der Waals surface area contributed by atoms with Crippen LogP contribution in [0.1, 0.15) is 0 Å². The molecule has 0 spiro atoms. The Labute approximate surface area is 90.8 Å². The fourth-order valence-corrected chi connectivity index (χ4v) is 1.45. The van der Waals surface area contributed by atoms with Crippen LogP contribution in [0.25, 0.3) is 0 Å². The third-order valence-corrected chi connectivity index (χ3v) is 2.01. The van der Waals surface area contributed by atoms with E-state index in [0.29, 0.717) is 0 Å². The zero-order valence-electron chi connectivity index (χ0n) is 6.50. The third kappa shape index (κ3) is 1.53. The Hall–Kier alpha value is -1.28. The van der Waals surface area contributed by atoms with Gasteiger partial charge >= 0.3 is 6.03 Å². The largest absolute Gasteiger partial charge is 0.373 e. The summed E-state index contributed by atoms with van der Waals surface area (Å²) in [6.45, 7) is 0. The van der Waals surface area contributed by atoms with Crippen molar-refractivity contribution in [1.29, 1.82) is 0 Å². The van der Waals surface area contributed by atoms with Crippen molar-refractivity contribution in [2.75, 3.05) is 0 Å². The molecular weight excluding hydrogens is 275 g/mol. The van der Waals surface area contributed by atoms with Crippen LogP contribution in [0.5, 0.6) is 0 Å². The molecule has 0 aliphatic rings. The average molecular weight is 277 g/mol. The van der Waals surface area contributed by atoms with Crippen molar-refractivity contribution >= 4 is 33.6 Å². The Morgan fingerprint density at radius 3 is 2.86 bits per heavy atom. The van der Waals surface area contributed by atoms with Gasteiger partial charge in [0.15, 0.2) is 0 Å². The van der Waals surface area contributed by atoms with Crippen LogP contribution in [0.3, 0.4) is 0 Å². The van der Waals surface area contributed by atoms with Gasteiger partial charge in [-0.25, -0.2) is 9.78 Å². The molecular formula is C5H2BrClN6O. The summed E-state index contributed by atoms with van der Waals surface area (Å²) in [4.78, 5) is 18.9. The molecule has 0 unspecified atom stereocenters. The van der Waals surface area contributed by atoms with E-state index in [2.05, 4.69) is 36.1 Å². The lowest BCUT2D eigenvalue weighted by molar-refractivity contribution is 0.237. The maximum atomic E-state index is 11.6. The second-order valence-electron chi connectivity index (χ2n) is 2.18. The highest BCUT2D eigenvalue weighted by Crippen LogP contribution is 2.10. The molecule has 2 aromatic rings. The van der Waals surface area contributed by atoms with Crippen LogP contribution >= 0.6 is 27.5 Å². The van der Waals surface area contributed by atoms with Gasteiger partial charge < -0.3 is 0 Å². The number of hydrogen-bond acceptors (Lipinski definition) is 5. The zero-order valence-corrected chi connectivity index (χ0v) is 8.84. The lowest BCUT2D eigenvalue weighted by Crippen LogP contribution is -2.21. The van der Waals surface area contributed by atoms with E-state index in [1.54, 1.807) is 0 Å². The normalized spacial score (nSPS) is 10.4. The molecule has 0 aliphatic heterocycles. The highest BCUT2D eigenvalue weighted by molar-refractivity contribution is 9.10. The summed E-state index contributed by atoms with van der Waals surface area (Å²) in [6, 6.07) is -0.520. The molecule has 0 saturated heterocycles. The molecule has 7 nitrogen and oxygen atoms in total. The van der Waals surface area contributed by atoms with E-state index in [9.17, 15) is 4.79 Å². The summed E-state index contributed by atoms with van der Waals surface area (Å²) >= 11 is 8.53. The summed E-state index contributed by atoms with van der Waals surface area (Å²) in [5, 5.41) is 7.28. The maximum Gasteiger partial charge on any atom is 0.373 e. The quantitative estimate of drug-likeness (QED) is 0.712. The Balaban J connectivity index is 2.41. The maximum absolute atomic E-state index is 11.6. The smallest absolute Gasteiger partial charge is 0.243 e. The summed E-state index contributed by atoms with van der Waals surface area (Å²) in [5.74, 6) is 0. The first kappa shape index (κ1) is 9.28. The van der Waals surface area contributed by atoms with Crippen molar-refractivity contribution in [1.82, 2.24) is 29.5 Å². The van der Waals surface area contributed by atoms with E-state index in [-0.39, 0.29) is 10.0 Å². The summed E-state index contributed by atoms with van der Waals surface area (Å²) < 4.78 is 2.19. The van der Waals surface area contributed by atoms with Crippen LogP contribution in [0.4, 0.5) is 4.79 Å². The lowest BCUT2D eigenvalue weighted by atomic mass is 10.9. The minimum Gasteiger partial charge on any atom is -0.243 e. The van der Waals surface area contributed by atoms with Crippen LogP contribution in [-0.4, -0.2) is 35.6 Å². The van der Waals surface area contributed by atoms with Crippen molar-refractivity contribution in [2.24, 2.45) is 0 Å². The van der Waals surface area contributed by atoms with E-state index in [0.717, 1.165) is 9.36 Å². The van der Waals surface area contributed by atoms with E-state index < -0.39 is 6.03 Å². The van der Waals surface area contributed by atoms with Crippen molar-refractivity contribution < 1.29 is 4.79 Å². The van der Waals surface area contributed by atoms with Crippen LogP contribution in [-0.2, 0) is 0 Å². The summed E-state index contributed by atoms with van der Waals surface area (Å²) in [6.07, 6.45) is 2.49. The van der Waals surface area contributed by atoms with Crippen molar-refractivity contribution in [2.45, 2.75) is 0 Å². The van der Waals surface area contributed by atoms with Crippen molar-refractivity contribution in [3.8, 4) is 0 Å². The third-order valence-electron chi connectivity index (χ3n) is 1.34. The molecule has 2 rings (SSSR count). The molecule has 72 valence electrons. The van der Waals surface area contributed by atoms with Crippen molar-refractivity contribution in [3.05, 3.63) is 22.7 Å². The monoisotopic (exact) mass is 276 g/mol. The molecule has 0 N–H and O–H groups in total. The van der Waals surface area contributed by atoms with Crippen LogP contribution in [0.15, 0.2) is 17.4 Å². The molecule has 0 saturated carbocycles. The molecule has 2 heterocycles. The summed E-state index contributed by atoms with van der Waals surface area (Å²) in [7, 11) is 0. The topological polar surface area (TPSA) is 78.5 Å². The van der Waals surface area contributed by atoms with Crippen LogP contribution < -0.4 is 0 Å². The predicted molar refractivity (Wildman–Crippen MR) is 48.9 cm³/mol. The number of rotatable bonds is 0.